The van der Waals surface area contributed by atoms with Gasteiger partial charge in [-0.3, -0.25) is 14.5 Å². The zero-order valence-electron chi connectivity index (χ0n) is 12.7. The fourth-order valence-electron chi connectivity index (χ4n) is 2.27. The zero-order valence-corrected chi connectivity index (χ0v) is 14.4. The fraction of sp³-hybridized carbons (Fsp3) is 0.267. The Hall–Kier alpha value is -2.19. The van der Waals surface area contributed by atoms with E-state index in [0.29, 0.717) is 16.5 Å². The van der Waals surface area contributed by atoms with Gasteiger partial charge in [-0.1, -0.05) is 0 Å². The Kier molecular flexibility index (Phi) is 5.74. The average Bonchev–Trinajstić information content (AvgIpc) is 3.09. The minimum atomic E-state index is -0.470. The Labute approximate surface area is 148 Å². The molecule has 24 heavy (non-hydrogen) atoms. The smallest absolute Gasteiger partial charge is 0.230 e. The number of amides is 2. The Bertz CT molecular complexity index is 752. The summed E-state index contributed by atoms with van der Waals surface area (Å²) in [5, 5.41) is 5.31. The van der Waals surface area contributed by atoms with E-state index in [9.17, 15) is 14.0 Å². The molecule has 6 nitrogen and oxygen atoms in total. The van der Waals surface area contributed by atoms with E-state index in [1.165, 1.54) is 35.5 Å². The molecule has 0 radical (unpaired) electrons. The van der Waals surface area contributed by atoms with E-state index in [1.807, 2.05) is 0 Å². The number of halogens is 2. The maximum atomic E-state index is 13.7. The summed E-state index contributed by atoms with van der Waals surface area (Å²) in [6, 6.07) is 4.51. The molecule has 1 fully saturated rings. The van der Waals surface area contributed by atoms with E-state index in [-0.39, 0.29) is 49.4 Å². The van der Waals surface area contributed by atoms with Crippen molar-refractivity contribution in [2.24, 2.45) is 0 Å². The van der Waals surface area contributed by atoms with Crippen molar-refractivity contribution in [1.29, 1.82) is 0 Å². The number of hydrogen-bond donors (Lipinski definition) is 1. The highest BCUT2D eigenvalue weighted by Crippen LogP contribution is 2.26. The minimum Gasteiger partial charge on any atom is -0.494 e. The second-order valence-electron chi connectivity index (χ2n) is 4.99. The number of carbonyl (C=O) groups excluding carboxylic acids is 2. The van der Waals surface area contributed by atoms with Gasteiger partial charge in [0.2, 0.25) is 11.8 Å². The van der Waals surface area contributed by atoms with Gasteiger partial charge in [0.05, 0.1) is 19.3 Å². The van der Waals surface area contributed by atoms with Crippen LogP contribution in [0.4, 0.5) is 15.2 Å². The molecule has 2 amide bonds. The van der Waals surface area contributed by atoms with E-state index >= 15 is 0 Å². The lowest BCUT2D eigenvalue weighted by molar-refractivity contribution is -0.139. The molecule has 0 spiro atoms. The number of nitrogens with zero attached hydrogens (tertiary/aromatic N) is 2. The molecule has 0 saturated carbocycles. The van der Waals surface area contributed by atoms with Gasteiger partial charge < -0.3 is 10.1 Å². The van der Waals surface area contributed by atoms with E-state index in [0.717, 1.165) is 0 Å². The number of anilines is 2. The SMILES string of the molecule is COc1ccc(Nc2nc(CN3C(=O)CCC3=O)cs2)cc1F.Cl. The summed E-state index contributed by atoms with van der Waals surface area (Å²) in [7, 11) is 1.40. The van der Waals surface area contributed by atoms with Crippen LogP contribution in [0.25, 0.3) is 0 Å². The molecule has 1 aliphatic heterocycles. The number of carbonyl (C=O) groups is 2. The molecule has 1 saturated heterocycles. The summed E-state index contributed by atoms with van der Waals surface area (Å²) in [5.41, 5.74) is 1.16. The highest BCUT2D eigenvalue weighted by Gasteiger charge is 2.29. The monoisotopic (exact) mass is 371 g/mol. The van der Waals surface area contributed by atoms with Gasteiger partial charge in [-0.2, -0.15) is 0 Å². The van der Waals surface area contributed by atoms with Crippen LogP contribution in [-0.2, 0) is 16.1 Å². The number of thiazole rings is 1. The molecule has 1 aliphatic rings. The Balaban J connectivity index is 0.00000208. The van der Waals surface area contributed by atoms with Crippen LogP contribution in [0.5, 0.6) is 5.75 Å². The number of imide groups is 1. The predicted octanol–water partition coefficient (Wildman–Crippen LogP) is 3.11. The normalized spacial score (nSPS) is 13.8. The molecule has 2 aromatic rings. The molecule has 0 atom stereocenters. The minimum absolute atomic E-state index is 0. The molecule has 1 N–H and O–H groups in total. The van der Waals surface area contributed by atoms with Crippen molar-refractivity contribution in [1.82, 2.24) is 9.88 Å². The van der Waals surface area contributed by atoms with E-state index < -0.39 is 5.82 Å². The molecule has 0 aliphatic carbocycles. The molecule has 1 aromatic heterocycles. The Morgan fingerprint density at radius 2 is 2.04 bits per heavy atom. The summed E-state index contributed by atoms with van der Waals surface area (Å²) in [6.45, 7) is 0.173. The summed E-state index contributed by atoms with van der Waals surface area (Å²) in [6.07, 6.45) is 0.526. The van der Waals surface area contributed by atoms with Crippen molar-refractivity contribution in [3.8, 4) is 5.75 Å². The van der Waals surface area contributed by atoms with E-state index in [1.54, 1.807) is 11.4 Å². The van der Waals surface area contributed by atoms with Crippen molar-refractivity contribution >= 4 is 46.4 Å². The number of methoxy groups -OCH3 is 1. The average molecular weight is 372 g/mol. The second-order valence-corrected chi connectivity index (χ2v) is 5.85. The van der Waals surface area contributed by atoms with Gasteiger partial charge in [0.25, 0.3) is 0 Å². The van der Waals surface area contributed by atoms with Gasteiger partial charge in [-0.25, -0.2) is 9.37 Å². The molecule has 0 unspecified atom stereocenters. The number of hydrogen-bond acceptors (Lipinski definition) is 6. The van der Waals surface area contributed by atoms with Crippen molar-refractivity contribution in [2.45, 2.75) is 19.4 Å². The van der Waals surface area contributed by atoms with Crippen molar-refractivity contribution in [3.63, 3.8) is 0 Å². The Morgan fingerprint density at radius 3 is 2.67 bits per heavy atom. The third-order valence-electron chi connectivity index (χ3n) is 3.43. The molecule has 0 bridgehead atoms. The molecule has 128 valence electrons. The lowest BCUT2D eigenvalue weighted by atomic mass is 10.3. The molecule has 3 rings (SSSR count). The molecular weight excluding hydrogens is 357 g/mol. The van der Waals surface area contributed by atoms with Crippen molar-refractivity contribution < 1.29 is 18.7 Å². The maximum Gasteiger partial charge on any atom is 0.230 e. The summed E-state index contributed by atoms with van der Waals surface area (Å²) >= 11 is 1.32. The maximum absolute atomic E-state index is 13.7. The van der Waals surface area contributed by atoms with Crippen LogP contribution < -0.4 is 10.1 Å². The third-order valence-corrected chi connectivity index (χ3v) is 4.24. The number of rotatable bonds is 5. The molecular formula is C15H15ClFN3O3S. The van der Waals surface area contributed by atoms with Crippen LogP contribution in [0.2, 0.25) is 0 Å². The van der Waals surface area contributed by atoms with Crippen molar-refractivity contribution in [3.05, 3.63) is 35.1 Å². The lowest BCUT2D eigenvalue weighted by Crippen LogP contribution is -2.28. The second kappa shape index (κ2) is 7.59. The van der Waals surface area contributed by atoms with Crippen LogP contribution in [-0.4, -0.2) is 28.8 Å². The van der Waals surface area contributed by atoms with E-state index in [4.69, 9.17) is 4.74 Å². The standard InChI is InChI=1S/C15H14FN3O3S.ClH/c1-22-12-3-2-9(6-11(12)16)17-15-18-10(8-23-15)7-19-13(20)4-5-14(19)21;/h2-3,6,8H,4-5,7H2,1H3,(H,17,18);1H. The number of nitrogens with one attached hydrogen (secondary N) is 1. The van der Waals surface area contributed by atoms with Gasteiger partial charge in [-0.15, -0.1) is 23.7 Å². The van der Waals surface area contributed by atoms with Crippen LogP contribution in [0.3, 0.4) is 0 Å². The zero-order chi connectivity index (χ0) is 16.4. The van der Waals surface area contributed by atoms with Crippen LogP contribution in [0.15, 0.2) is 23.6 Å². The summed E-state index contributed by atoms with van der Waals surface area (Å²) in [4.78, 5) is 28.7. The first kappa shape index (κ1) is 18.2. The number of likely N-dealkylation sites (tertiary alicyclic amines) is 1. The number of benzene rings is 1. The van der Waals surface area contributed by atoms with Crippen LogP contribution in [0.1, 0.15) is 18.5 Å². The molecule has 2 heterocycles. The van der Waals surface area contributed by atoms with Crippen LogP contribution in [0, 0.1) is 5.82 Å². The van der Waals surface area contributed by atoms with Gasteiger partial charge in [0.1, 0.15) is 0 Å². The Morgan fingerprint density at radius 1 is 1.33 bits per heavy atom. The summed E-state index contributed by atoms with van der Waals surface area (Å²) < 4.78 is 18.5. The first-order valence-electron chi connectivity index (χ1n) is 6.95. The summed E-state index contributed by atoms with van der Waals surface area (Å²) in [5.74, 6) is -0.645. The number of aromatic nitrogens is 1. The lowest BCUT2D eigenvalue weighted by Gasteiger charge is -2.11. The third kappa shape index (κ3) is 3.82. The van der Waals surface area contributed by atoms with Gasteiger partial charge in [0, 0.05) is 30.0 Å². The first-order valence-corrected chi connectivity index (χ1v) is 7.83. The largest absolute Gasteiger partial charge is 0.494 e. The highest BCUT2D eigenvalue weighted by atomic mass is 35.5. The number of ether oxygens (including phenoxy) is 1. The molecule has 9 heteroatoms. The van der Waals surface area contributed by atoms with Gasteiger partial charge in [0.15, 0.2) is 16.7 Å². The van der Waals surface area contributed by atoms with Gasteiger partial charge in [-0.05, 0) is 12.1 Å². The fourth-order valence-corrected chi connectivity index (χ4v) is 2.99. The molecule has 1 aromatic carbocycles. The van der Waals surface area contributed by atoms with Crippen molar-refractivity contribution in [2.75, 3.05) is 12.4 Å². The quantitative estimate of drug-likeness (QED) is 0.818. The van der Waals surface area contributed by atoms with Crippen LogP contribution >= 0.6 is 23.7 Å². The highest BCUT2D eigenvalue weighted by molar-refractivity contribution is 7.13. The van der Waals surface area contributed by atoms with Gasteiger partial charge >= 0.3 is 0 Å². The predicted molar refractivity (Wildman–Crippen MR) is 90.4 cm³/mol. The topological polar surface area (TPSA) is 71.5 Å². The first-order chi connectivity index (χ1) is 11.1. The van der Waals surface area contributed by atoms with E-state index in [2.05, 4.69) is 10.3 Å².